The van der Waals surface area contributed by atoms with E-state index in [1.807, 2.05) is 43.5 Å². The van der Waals surface area contributed by atoms with Crippen molar-refractivity contribution in [3.05, 3.63) is 64.2 Å². The van der Waals surface area contributed by atoms with Crippen LogP contribution in [0.5, 0.6) is 0 Å². The van der Waals surface area contributed by atoms with Crippen LogP contribution in [0.1, 0.15) is 31.0 Å². The second-order valence-corrected chi connectivity index (χ2v) is 7.42. The van der Waals surface area contributed by atoms with Crippen molar-refractivity contribution in [2.75, 3.05) is 18.0 Å². The predicted molar refractivity (Wildman–Crippen MR) is 107 cm³/mol. The van der Waals surface area contributed by atoms with Crippen molar-refractivity contribution in [1.29, 1.82) is 0 Å². The highest BCUT2D eigenvalue weighted by Crippen LogP contribution is 2.23. The molecule has 1 saturated heterocycles. The van der Waals surface area contributed by atoms with Crippen LogP contribution in [0.3, 0.4) is 0 Å². The molecule has 2 aromatic heterocycles. The first kappa shape index (κ1) is 17.5. The topological polar surface area (TPSA) is 66.8 Å². The van der Waals surface area contributed by atoms with Crippen LogP contribution in [0.2, 0.25) is 0 Å². The summed E-state index contributed by atoms with van der Waals surface area (Å²) in [4.78, 5) is 23.9. The van der Waals surface area contributed by atoms with Gasteiger partial charge in [0.05, 0.1) is 17.9 Å². The molecule has 1 aromatic carbocycles. The van der Waals surface area contributed by atoms with Crippen LogP contribution in [0.25, 0.3) is 11.3 Å². The van der Waals surface area contributed by atoms with E-state index in [9.17, 15) is 4.79 Å². The van der Waals surface area contributed by atoms with E-state index in [1.165, 1.54) is 12.8 Å². The van der Waals surface area contributed by atoms with Gasteiger partial charge in [0.15, 0.2) is 0 Å². The van der Waals surface area contributed by atoms with Crippen LogP contribution in [0.4, 0.5) is 5.95 Å². The fraction of sp³-hybridized carbons (Fsp3) is 0.381. The third-order valence-electron chi connectivity index (χ3n) is 5.30. The molecule has 0 unspecified atom stereocenters. The lowest BCUT2D eigenvalue weighted by Crippen LogP contribution is -2.34. The number of nitrogens with zero attached hydrogens (tertiary/aromatic N) is 4. The number of anilines is 1. The minimum atomic E-state index is -0.0534. The number of aromatic amines is 1. The Kier molecular flexibility index (Phi) is 4.79. The van der Waals surface area contributed by atoms with E-state index < -0.39 is 0 Å². The molecule has 6 heteroatoms. The lowest BCUT2D eigenvalue weighted by molar-refractivity contribution is 0.434. The molecule has 0 radical (unpaired) electrons. The van der Waals surface area contributed by atoms with Gasteiger partial charge in [-0.15, -0.1) is 0 Å². The maximum Gasteiger partial charge on any atom is 0.267 e. The summed E-state index contributed by atoms with van der Waals surface area (Å²) in [5, 5.41) is 3.20. The number of hydrogen-bond donors (Lipinski definition) is 1. The maximum absolute atomic E-state index is 12.4. The summed E-state index contributed by atoms with van der Waals surface area (Å²) in [7, 11) is 0. The van der Waals surface area contributed by atoms with Crippen LogP contribution in [-0.4, -0.2) is 32.8 Å². The molecule has 140 valence electrons. The van der Waals surface area contributed by atoms with Crippen LogP contribution in [-0.2, 0) is 6.54 Å². The van der Waals surface area contributed by atoms with Crippen LogP contribution in [0, 0.1) is 12.8 Å². The smallest absolute Gasteiger partial charge is 0.267 e. The highest BCUT2D eigenvalue weighted by Gasteiger charge is 2.19. The van der Waals surface area contributed by atoms with E-state index >= 15 is 0 Å². The first-order valence-corrected chi connectivity index (χ1v) is 9.53. The van der Waals surface area contributed by atoms with E-state index in [1.54, 1.807) is 10.7 Å². The summed E-state index contributed by atoms with van der Waals surface area (Å²) >= 11 is 0. The molecule has 0 saturated carbocycles. The molecule has 1 N–H and O–H groups in total. The first-order chi connectivity index (χ1) is 13.1. The highest BCUT2D eigenvalue weighted by atomic mass is 16.1. The highest BCUT2D eigenvalue weighted by molar-refractivity contribution is 5.61. The molecule has 27 heavy (non-hydrogen) atoms. The van der Waals surface area contributed by atoms with E-state index in [0.29, 0.717) is 6.54 Å². The predicted octanol–water partition coefficient (Wildman–Crippen LogP) is 3.23. The summed E-state index contributed by atoms with van der Waals surface area (Å²) in [6.45, 7) is 6.79. The number of piperidine rings is 1. The minimum Gasteiger partial charge on any atom is -0.341 e. The SMILES string of the molecule is Cc1nc(N2CCC(C)CC2)ncc1-c1cc(=O)n(Cc2ccccc2)[nH]1. The Labute approximate surface area is 158 Å². The number of H-pyrrole nitrogens is 1. The molecule has 0 atom stereocenters. The molecule has 1 aliphatic rings. The van der Waals surface area contributed by atoms with Gasteiger partial charge < -0.3 is 4.90 Å². The number of aromatic nitrogens is 4. The standard InChI is InChI=1S/C21H25N5O/c1-15-8-10-25(11-9-15)21-22-13-18(16(2)23-21)19-12-20(27)26(24-19)14-17-6-4-3-5-7-17/h3-7,12-13,15,24H,8-11,14H2,1-2H3. The molecular weight excluding hydrogens is 338 g/mol. The van der Waals surface area contributed by atoms with Gasteiger partial charge >= 0.3 is 0 Å². The zero-order valence-corrected chi connectivity index (χ0v) is 15.9. The molecule has 6 nitrogen and oxygen atoms in total. The van der Waals surface area contributed by atoms with Crippen LogP contribution in [0.15, 0.2) is 47.4 Å². The third-order valence-corrected chi connectivity index (χ3v) is 5.30. The molecule has 0 spiro atoms. The Bertz CT molecular complexity index is 968. The van der Waals surface area contributed by atoms with Crippen molar-refractivity contribution in [3.8, 4) is 11.3 Å². The Morgan fingerprint density at radius 2 is 1.93 bits per heavy atom. The number of nitrogens with one attached hydrogen (secondary N) is 1. The monoisotopic (exact) mass is 363 g/mol. The quantitative estimate of drug-likeness (QED) is 0.773. The zero-order chi connectivity index (χ0) is 18.8. The number of aryl methyl sites for hydroxylation is 1. The van der Waals surface area contributed by atoms with Crippen LogP contribution < -0.4 is 10.5 Å². The Hall–Kier alpha value is -2.89. The van der Waals surface area contributed by atoms with Crippen molar-refractivity contribution in [2.45, 2.75) is 33.2 Å². The summed E-state index contributed by atoms with van der Waals surface area (Å²) < 4.78 is 1.62. The van der Waals surface area contributed by atoms with Gasteiger partial charge in [-0.05, 0) is 31.2 Å². The zero-order valence-electron chi connectivity index (χ0n) is 15.9. The van der Waals surface area contributed by atoms with Gasteiger partial charge in [-0.3, -0.25) is 9.89 Å². The number of benzene rings is 1. The Morgan fingerprint density at radius 3 is 2.63 bits per heavy atom. The Balaban J connectivity index is 1.57. The van der Waals surface area contributed by atoms with Gasteiger partial charge in [-0.2, -0.15) is 0 Å². The summed E-state index contributed by atoms with van der Waals surface area (Å²) in [5.74, 6) is 1.56. The fourth-order valence-corrected chi connectivity index (χ4v) is 3.54. The average molecular weight is 363 g/mol. The van der Waals surface area contributed by atoms with Gasteiger partial charge in [0.25, 0.3) is 5.56 Å². The van der Waals surface area contributed by atoms with E-state index in [-0.39, 0.29) is 5.56 Å². The third kappa shape index (κ3) is 3.79. The van der Waals surface area contributed by atoms with Crippen molar-refractivity contribution in [1.82, 2.24) is 19.7 Å². The molecular formula is C21H25N5O. The minimum absolute atomic E-state index is 0.0534. The number of hydrogen-bond acceptors (Lipinski definition) is 4. The van der Waals surface area contributed by atoms with E-state index in [0.717, 1.165) is 47.5 Å². The molecule has 1 fully saturated rings. The molecule has 3 aromatic rings. The maximum atomic E-state index is 12.4. The van der Waals surface area contributed by atoms with Crippen molar-refractivity contribution in [3.63, 3.8) is 0 Å². The molecule has 1 aliphatic heterocycles. The average Bonchev–Trinajstić information content (AvgIpc) is 3.03. The van der Waals surface area contributed by atoms with Crippen molar-refractivity contribution < 1.29 is 0 Å². The van der Waals surface area contributed by atoms with E-state index in [4.69, 9.17) is 4.98 Å². The Morgan fingerprint density at radius 1 is 1.19 bits per heavy atom. The lowest BCUT2D eigenvalue weighted by atomic mass is 10.00. The summed E-state index contributed by atoms with van der Waals surface area (Å²) in [5.41, 5.74) is 3.53. The lowest BCUT2D eigenvalue weighted by Gasteiger charge is -2.30. The molecule has 0 aliphatic carbocycles. The fourth-order valence-electron chi connectivity index (χ4n) is 3.54. The van der Waals surface area contributed by atoms with Crippen LogP contribution >= 0.6 is 0 Å². The second kappa shape index (κ2) is 7.39. The largest absolute Gasteiger partial charge is 0.341 e. The molecule has 4 rings (SSSR count). The summed E-state index contributed by atoms with van der Waals surface area (Å²) in [6.07, 6.45) is 4.19. The van der Waals surface area contributed by atoms with Gasteiger partial charge in [0.2, 0.25) is 5.95 Å². The van der Waals surface area contributed by atoms with Crippen molar-refractivity contribution >= 4 is 5.95 Å². The first-order valence-electron chi connectivity index (χ1n) is 9.53. The molecule has 0 amide bonds. The van der Waals surface area contributed by atoms with Crippen molar-refractivity contribution in [2.24, 2.45) is 5.92 Å². The summed E-state index contributed by atoms with van der Waals surface area (Å²) in [6, 6.07) is 11.6. The normalized spacial score (nSPS) is 15.3. The van der Waals surface area contributed by atoms with Gasteiger partial charge in [-0.25, -0.2) is 14.6 Å². The molecule has 0 bridgehead atoms. The second-order valence-electron chi connectivity index (χ2n) is 7.42. The van der Waals surface area contributed by atoms with Gasteiger partial charge in [-0.1, -0.05) is 37.3 Å². The van der Waals surface area contributed by atoms with Gasteiger partial charge in [0.1, 0.15) is 0 Å². The van der Waals surface area contributed by atoms with E-state index in [2.05, 4.69) is 21.9 Å². The number of rotatable bonds is 4. The van der Waals surface area contributed by atoms with Gasteiger partial charge in [0, 0.05) is 30.9 Å². The molecule has 3 heterocycles.